The van der Waals surface area contributed by atoms with Gasteiger partial charge in [0, 0.05) is 19.1 Å². The highest BCUT2D eigenvalue weighted by Crippen LogP contribution is 2.27. The molecule has 2 fully saturated rings. The third-order valence-electron chi connectivity index (χ3n) is 4.21. The number of nitrogens with zero attached hydrogens (tertiary/aromatic N) is 1. The number of hydrogen-bond donors (Lipinski definition) is 0. The first kappa shape index (κ1) is 12.9. The summed E-state index contributed by atoms with van der Waals surface area (Å²) in [5, 5.41) is 0. The third-order valence-corrected chi connectivity index (χ3v) is 4.21. The van der Waals surface area contributed by atoms with E-state index in [-0.39, 0.29) is 0 Å². The van der Waals surface area contributed by atoms with Gasteiger partial charge in [-0.15, -0.1) is 0 Å². The van der Waals surface area contributed by atoms with Crippen LogP contribution in [-0.4, -0.2) is 43.3 Å². The van der Waals surface area contributed by atoms with Gasteiger partial charge in [-0.3, -0.25) is 4.90 Å². The quantitative estimate of drug-likeness (QED) is 0.835. The molecule has 3 nitrogen and oxygen atoms in total. The fourth-order valence-electron chi connectivity index (χ4n) is 3.22. The average molecular weight is 261 g/mol. The van der Waals surface area contributed by atoms with E-state index in [9.17, 15) is 0 Å². The minimum absolute atomic E-state index is 0.342. The van der Waals surface area contributed by atoms with E-state index in [1.54, 1.807) is 0 Å². The minimum atomic E-state index is 0.342. The van der Waals surface area contributed by atoms with Crippen LogP contribution in [0.25, 0.3) is 0 Å². The molecule has 0 bridgehead atoms. The molecule has 0 amide bonds. The van der Waals surface area contributed by atoms with E-state index in [1.807, 2.05) is 18.2 Å². The van der Waals surface area contributed by atoms with E-state index >= 15 is 0 Å². The zero-order valence-electron chi connectivity index (χ0n) is 11.5. The van der Waals surface area contributed by atoms with Crippen LogP contribution in [0.5, 0.6) is 5.75 Å². The van der Waals surface area contributed by atoms with Gasteiger partial charge in [0.1, 0.15) is 11.9 Å². The highest BCUT2D eigenvalue weighted by Gasteiger charge is 2.32. The normalized spacial score (nSPS) is 29.1. The maximum Gasteiger partial charge on any atom is 0.119 e. The molecule has 1 aromatic carbocycles. The van der Waals surface area contributed by atoms with Crippen LogP contribution in [0.2, 0.25) is 0 Å². The monoisotopic (exact) mass is 261 g/mol. The summed E-state index contributed by atoms with van der Waals surface area (Å²) in [5.74, 6) is 1.01. The molecular weight excluding hydrogens is 238 g/mol. The Morgan fingerprint density at radius 2 is 1.74 bits per heavy atom. The number of ether oxygens (including phenoxy) is 2. The van der Waals surface area contributed by atoms with E-state index in [1.165, 1.54) is 25.7 Å². The Hall–Kier alpha value is -1.06. The fraction of sp³-hybridized carbons (Fsp3) is 0.625. The Bertz CT molecular complexity index is 376. The lowest BCUT2D eigenvalue weighted by molar-refractivity contribution is -0.0281. The third kappa shape index (κ3) is 3.28. The van der Waals surface area contributed by atoms with Crippen LogP contribution in [0.15, 0.2) is 30.3 Å². The SMILES string of the molecule is c1ccc(O[C@H]2CCCC[C@@H]2N2CCOCC2)cc1. The minimum Gasteiger partial charge on any atom is -0.489 e. The second kappa shape index (κ2) is 6.40. The Balaban J connectivity index is 1.66. The van der Waals surface area contributed by atoms with Crippen molar-refractivity contribution in [3.63, 3.8) is 0 Å². The van der Waals surface area contributed by atoms with Gasteiger partial charge < -0.3 is 9.47 Å². The molecule has 0 N–H and O–H groups in total. The van der Waals surface area contributed by atoms with Gasteiger partial charge in [-0.2, -0.15) is 0 Å². The molecule has 1 aliphatic heterocycles. The first-order chi connectivity index (χ1) is 9.43. The van der Waals surface area contributed by atoms with Gasteiger partial charge in [0.2, 0.25) is 0 Å². The predicted molar refractivity (Wildman–Crippen MR) is 75.5 cm³/mol. The second-order valence-electron chi connectivity index (χ2n) is 5.47. The summed E-state index contributed by atoms with van der Waals surface area (Å²) < 4.78 is 11.7. The second-order valence-corrected chi connectivity index (χ2v) is 5.47. The maximum atomic E-state index is 6.24. The molecule has 3 heteroatoms. The molecule has 1 saturated heterocycles. The number of para-hydroxylation sites is 1. The molecule has 0 aromatic heterocycles. The Morgan fingerprint density at radius 1 is 1.00 bits per heavy atom. The first-order valence-corrected chi connectivity index (χ1v) is 7.47. The van der Waals surface area contributed by atoms with Crippen LogP contribution in [0.4, 0.5) is 0 Å². The van der Waals surface area contributed by atoms with Crippen LogP contribution in [0.1, 0.15) is 25.7 Å². The van der Waals surface area contributed by atoms with Crippen molar-refractivity contribution in [2.75, 3.05) is 26.3 Å². The predicted octanol–water partition coefficient (Wildman–Crippen LogP) is 2.71. The molecule has 0 unspecified atom stereocenters. The van der Waals surface area contributed by atoms with Crippen molar-refractivity contribution in [2.45, 2.75) is 37.8 Å². The van der Waals surface area contributed by atoms with Crippen LogP contribution in [-0.2, 0) is 4.74 Å². The first-order valence-electron chi connectivity index (χ1n) is 7.47. The summed E-state index contributed by atoms with van der Waals surface area (Å²) in [6.45, 7) is 3.85. The van der Waals surface area contributed by atoms with Crippen molar-refractivity contribution in [1.29, 1.82) is 0 Å². The molecule has 1 heterocycles. The number of morpholine rings is 1. The van der Waals surface area contributed by atoms with Gasteiger partial charge in [0.25, 0.3) is 0 Å². The van der Waals surface area contributed by atoms with Gasteiger partial charge in [0.15, 0.2) is 0 Å². The topological polar surface area (TPSA) is 21.7 Å². The van der Waals surface area contributed by atoms with Crippen LogP contribution in [0, 0.1) is 0 Å². The lowest BCUT2D eigenvalue weighted by Gasteiger charge is -2.41. The number of hydrogen-bond acceptors (Lipinski definition) is 3. The molecular formula is C16H23NO2. The summed E-state index contributed by atoms with van der Waals surface area (Å²) in [6, 6.07) is 10.8. The largest absolute Gasteiger partial charge is 0.489 e. The van der Waals surface area contributed by atoms with Crippen LogP contribution in [0.3, 0.4) is 0 Å². The molecule has 2 atom stereocenters. The highest BCUT2D eigenvalue weighted by atomic mass is 16.5. The van der Waals surface area contributed by atoms with Gasteiger partial charge in [0.05, 0.1) is 13.2 Å². The average Bonchev–Trinajstić information content (AvgIpc) is 2.50. The van der Waals surface area contributed by atoms with Crippen molar-refractivity contribution in [3.8, 4) is 5.75 Å². The van der Waals surface area contributed by atoms with E-state index in [2.05, 4.69) is 17.0 Å². The summed E-state index contributed by atoms with van der Waals surface area (Å²) in [4.78, 5) is 2.57. The van der Waals surface area contributed by atoms with Crippen LogP contribution < -0.4 is 4.74 Å². The maximum absolute atomic E-state index is 6.24. The summed E-state index contributed by atoms with van der Waals surface area (Å²) >= 11 is 0. The molecule has 2 aliphatic rings. The molecule has 104 valence electrons. The van der Waals surface area contributed by atoms with Crippen molar-refractivity contribution < 1.29 is 9.47 Å². The van der Waals surface area contributed by atoms with Crippen molar-refractivity contribution in [3.05, 3.63) is 30.3 Å². The highest BCUT2D eigenvalue weighted by molar-refractivity contribution is 5.21. The standard InChI is InChI=1S/C16H23NO2/c1-2-6-14(7-3-1)19-16-9-5-4-8-15(16)17-10-12-18-13-11-17/h1-3,6-7,15-16H,4-5,8-13H2/t15-,16-/m0/s1. The summed E-state index contributed by atoms with van der Waals surface area (Å²) in [5.41, 5.74) is 0. The molecule has 0 radical (unpaired) electrons. The van der Waals surface area contributed by atoms with Crippen molar-refractivity contribution >= 4 is 0 Å². The van der Waals surface area contributed by atoms with Crippen molar-refractivity contribution in [2.24, 2.45) is 0 Å². The van der Waals surface area contributed by atoms with Gasteiger partial charge in [-0.25, -0.2) is 0 Å². The lowest BCUT2D eigenvalue weighted by Crippen LogP contribution is -2.52. The van der Waals surface area contributed by atoms with E-state index < -0.39 is 0 Å². The summed E-state index contributed by atoms with van der Waals surface area (Å²) in [6.07, 6.45) is 5.40. The smallest absolute Gasteiger partial charge is 0.119 e. The molecule has 1 aliphatic carbocycles. The van der Waals surface area contributed by atoms with E-state index in [0.717, 1.165) is 32.1 Å². The van der Waals surface area contributed by atoms with Crippen LogP contribution >= 0.6 is 0 Å². The van der Waals surface area contributed by atoms with Gasteiger partial charge in [-0.05, 0) is 31.4 Å². The molecule has 3 rings (SSSR count). The lowest BCUT2D eigenvalue weighted by atomic mass is 9.91. The van der Waals surface area contributed by atoms with E-state index in [0.29, 0.717) is 12.1 Å². The Kier molecular flexibility index (Phi) is 4.36. The molecule has 19 heavy (non-hydrogen) atoms. The summed E-state index contributed by atoms with van der Waals surface area (Å²) in [7, 11) is 0. The zero-order chi connectivity index (χ0) is 12.9. The zero-order valence-corrected chi connectivity index (χ0v) is 11.5. The van der Waals surface area contributed by atoms with Gasteiger partial charge >= 0.3 is 0 Å². The fourth-order valence-corrected chi connectivity index (χ4v) is 3.22. The molecule has 0 spiro atoms. The number of benzene rings is 1. The molecule has 1 saturated carbocycles. The van der Waals surface area contributed by atoms with Crippen molar-refractivity contribution in [1.82, 2.24) is 4.90 Å². The Labute approximate surface area is 115 Å². The molecule has 1 aromatic rings. The number of rotatable bonds is 3. The van der Waals surface area contributed by atoms with Gasteiger partial charge in [-0.1, -0.05) is 24.6 Å². The van der Waals surface area contributed by atoms with E-state index in [4.69, 9.17) is 9.47 Å². The Morgan fingerprint density at radius 3 is 2.53 bits per heavy atom.